The first-order valence-electron chi connectivity index (χ1n) is 10.6. The number of rotatable bonds is 10. The summed E-state index contributed by atoms with van der Waals surface area (Å²) in [4.78, 5) is 30.7. The van der Waals surface area contributed by atoms with E-state index in [0.29, 0.717) is 44.7 Å². The van der Waals surface area contributed by atoms with Crippen molar-refractivity contribution >= 4 is 40.0 Å². The number of fused-ring (bicyclic) bond motifs is 1. The Morgan fingerprint density at radius 2 is 1.86 bits per heavy atom. The van der Waals surface area contributed by atoms with Crippen molar-refractivity contribution in [1.82, 2.24) is 9.55 Å². The summed E-state index contributed by atoms with van der Waals surface area (Å²) in [6.45, 7) is 5.65. The van der Waals surface area contributed by atoms with E-state index in [9.17, 15) is 9.59 Å². The molecule has 182 valence electrons. The second-order valence-electron chi connectivity index (χ2n) is 7.24. The number of allylic oxidation sites excluding steroid dienone is 5. The van der Waals surface area contributed by atoms with Gasteiger partial charge in [-0.1, -0.05) is 30.5 Å². The molecule has 0 radical (unpaired) electrons. The highest BCUT2D eigenvalue weighted by Gasteiger charge is 2.15. The molecule has 0 spiro atoms. The van der Waals surface area contributed by atoms with Gasteiger partial charge in [-0.2, -0.15) is 0 Å². The number of thioether (sulfide) groups is 1. The Kier molecular flexibility index (Phi) is 8.74. The van der Waals surface area contributed by atoms with Crippen molar-refractivity contribution in [3.8, 4) is 11.5 Å². The fourth-order valence-electron chi connectivity index (χ4n) is 3.18. The van der Waals surface area contributed by atoms with Crippen molar-refractivity contribution in [2.75, 3.05) is 32.4 Å². The fraction of sp³-hybridized carbons (Fsp3) is 0.192. The quantitative estimate of drug-likeness (QED) is 0.189. The van der Waals surface area contributed by atoms with E-state index in [1.165, 1.54) is 11.7 Å². The van der Waals surface area contributed by atoms with Crippen LogP contribution in [-0.2, 0) is 9.53 Å². The van der Waals surface area contributed by atoms with Gasteiger partial charge in [-0.05, 0) is 49.4 Å². The Balaban J connectivity index is 1.93. The zero-order chi connectivity index (χ0) is 25.4. The van der Waals surface area contributed by atoms with E-state index in [2.05, 4.69) is 16.9 Å². The van der Waals surface area contributed by atoms with Gasteiger partial charge >= 0.3 is 0 Å². The molecule has 1 N–H and O–H groups in total. The average molecular weight is 494 g/mol. The summed E-state index contributed by atoms with van der Waals surface area (Å²) in [6, 6.07) is 12.2. The third kappa shape index (κ3) is 6.13. The Morgan fingerprint density at radius 3 is 2.54 bits per heavy atom. The van der Waals surface area contributed by atoms with Gasteiger partial charge in [-0.25, -0.2) is 4.98 Å². The van der Waals surface area contributed by atoms with Gasteiger partial charge < -0.3 is 19.5 Å². The van der Waals surface area contributed by atoms with Crippen LogP contribution >= 0.6 is 11.8 Å². The molecule has 2 aromatic carbocycles. The number of carbonyl (C=O) groups is 1. The standard InChI is InChI=1S/C26H27N3O5S/c1-6-19(13-11-17(2)32-3)29-25(31)20-9-7-8-10-21(20)28-26(29)35-16-24(30)27-18-12-14-22(33-4)23(15-18)34-5/h6-15H,1,16H2,2-5H3,(H,27,30). The number of methoxy groups -OCH3 is 3. The molecule has 0 bridgehead atoms. The lowest BCUT2D eigenvalue weighted by molar-refractivity contribution is -0.113. The van der Waals surface area contributed by atoms with Crippen LogP contribution in [0.15, 0.2) is 83.0 Å². The summed E-state index contributed by atoms with van der Waals surface area (Å²) in [6.07, 6.45) is 5.01. The van der Waals surface area contributed by atoms with Crippen molar-refractivity contribution in [3.63, 3.8) is 0 Å². The maximum atomic E-state index is 13.4. The van der Waals surface area contributed by atoms with Gasteiger partial charge in [0, 0.05) is 11.8 Å². The highest BCUT2D eigenvalue weighted by molar-refractivity contribution is 7.99. The highest BCUT2D eigenvalue weighted by Crippen LogP contribution is 2.30. The molecule has 0 aliphatic carbocycles. The molecule has 8 nitrogen and oxygen atoms in total. The summed E-state index contributed by atoms with van der Waals surface area (Å²) in [5.41, 5.74) is 1.35. The molecular weight excluding hydrogens is 466 g/mol. The zero-order valence-corrected chi connectivity index (χ0v) is 20.8. The second-order valence-corrected chi connectivity index (χ2v) is 8.18. The molecule has 1 aromatic heterocycles. The molecule has 1 heterocycles. The van der Waals surface area contributed by atoms with Gasteiger partial charge in [-0.15, -0.1) is 0 Å². The smallest absolute Gasteiger partial charge is 0.266 e. The van der Waals surface area contributed by atoms with Crippen LogP contribution in [0.1, 0.15) is 6.92 Å². The molecule has 0 saturated heterocycles. The van der Waals surface area contributed by atoms with Gasteiger partial charge in [0.15, 0.2) is 16.7 Å². The van der Waals surface area contributed by atoms with Gasteiger partial charge in [0.05, 0.1) is 49.4 Å². The minimum atomic E-state index is -0.268. The van der Waals surface area contributed by atoms with E-state index in [0.717, 1.165) is 11.8 Å². The van der Waals surface area contributed by atoms with E-state index < -0.39 is 0 Å². The molecule has 9 heteroatoms. The maximum Gasteiger partial charge on any atom is 0.266 e. The number of anilines is 1. The van der Waals surface area contributed by atoms with Gasteiger partial charge in [0.25, 0.3) is 5.56 Å². The number of nitrogens with zero attached hydrogens (tertiary/aromatic N) is 2. The van der Waals surface area contributed by atoms with Gasteiger partial charge in [0.2, 0.25) is 5.91 Å². The first-order valence-corrected chi connectivity index (χ1v) is 11.6. The summed E-state index contributed by atoms with van der Waals surface area (Å²) < 4.78 is 17.1. The summed E-state index contributed by atoms with van der Waals surface area (Å²) in [5.74, 6) is 1.48. The summed E-state index contributed by atoms with van der Waals surface area (Å²) in [7, 11) is 4.63. The summed E-state index contributed by atoms with van der Waals surface area (Å²) in [5, 5.41) is 3.66. The molecule has 1 amide bonds. The number of hydrogen-bond donors (Lipinski definition) is 1. The monoisotopic (exact) mass is 493 g/mol. The van der Waals surface area contributed by atoms with Crippen LogP contribution in [0.5, 0.6) is 11.5 Å². The second kappa shape index (κ2) is 11.9. The molecule has 3 rings (SSSR count). The van der Waals surface area contributed by atoms with Crippen molar-refractivity contribution in [2.24, 2.45) is 0 Å². The van der Waals surface area contributed by atoms with Crippen LogP contribution in [0.2, 0.25) is 0 Å². The number of hydrogen-bond acceptors (Lipinski definition) is 7. The van der Waals surface area contributed by atoms with Gasteiger partial charge in [-0.3, -0.25) is 14.2 Å². The SMILES string of the molecule is C=CC(=CC=C(C)OC)n1c(SCC(=O)Nc2ccc(OC)c(OC)c2)nc2ccccc2c1=O. The minimum Gasteiger partial charge on any atom is -0.501 e. The van der Waals surface area contributed by atoms with Crippen LogP contribution < -0.4 is 20.3 Å². The highest BCUT2D eigenvalue weighted by atomic mass is 32.2. The van der Waals surface area contributed by atoms with Crippen LogP contribution in [0.25, 0.3) is 16.6 Å². The third-order valence-electron chi connectivity index (χ3n) is 5.02. The molecule has 0 atom stereocenters. The molecule has 0 unspecified atom stereocenters. The van der Waals surface area contributed by atoms with Crippen LogP contribution in [0.4, 0.5) is 5.69 Å². The largest absolute Gasteiger partial charge is 0.501 e. The zero-order valence-electron chi connectivity index (χ0n) is 20.0. The van der Waals surface area contributed by atoms with Crippen LogP contribution in [0.3, 0.4) is 0 Å². The van der Waals surface area contributed by atoms with Crippen molar-refractivity contribution in [2.45, 2.75) is 12.1 Å². The number of nitrogens with one attached hydrogen (secondary N) is 1. The Bertz CT molecular complexity index is 1360. The van der Waals surface area contributed by atoms with E-state index in [1.54, 1.807) is 75.8 Å². The normalized spacial score (nSPS) is 11.8. The van der Waals surface area contributed by atoms with E-state index in [1.807, 2.05) is 6.07 Å². The number of benzene rings is 2. The molecular formula is C26H27N3O5S. The predicted molar refractivity (Wildman–Crippen MR) is 140 cm³/mol. The number of amides is 1. The Morgan fingerprint density at radius 1 is 1.11 bits per heavy atom. The fourth-order valence-corrected chi connectivity index (χ4v) is 4.00. The lowest BCUT2D eigenvalue weighted by atomic mass is 10.2. The van der Waals surface area contributed by atoms with Crippen LogP contribution in [-0.4, -0.2) is 42.5 Å². The van der Waals surface area contributed by atoms with E-state index in [4.69, 9.17) is 14.2 Å². The third-order valence-corrected chi connectivity index (χ3v) is 5.96. The van der Waals surface area contributed by atoms with E-state index >= 15 is 0 Å². The maximum absolute atomic E-state index is 13.4. The lowest BCUT2D eigenvalue weighted by Crippen LogP contribution is -2.23. The number of aromatic nitrogens is 2. The molecule has 0 aliphatic rings. The first-order chi connectivity index (χ1) is 16.9. The Labute approximate surface area is 207 Å². The molecule has 0 aliphatic heterocycles. The number of para-hydroxylation sites is 1. The first kappa shape index (κ1) is 25.6. The minimum absolute atomic E-state index is 0.0243. The van der Waals surface area contributed by atoms with E-state index in [-0.39, 0.29) is 17.2 Å². The van der Waals surface area contributed by atoms with Gasteiger partial charge in [0.1, 0.15) is 0 Å². The Hall–Kier alpha value is -3.98. The van der Waals surface area contributed by atoms with Crippen molar-refractivity contribution in [1.29, 1.82) is 0 Å². The predicted octanol–water partition coefficient (Wildman–Crippen LogP) is 4.72. The molecule has 0 fully saturated rings. The summed E-state index contributed by atoms with van der Waals surface area (Å²) >= 11 is 1.15. The lowest BCUT2D eigenvalue weighted by Gasteiger charge is -2.14. The van der Waals surface area contributed by atoms with Crippen molar-refractivity contribution in [3.05, 3.63) is 83.4 Å². The average Bonchev–Trinajstić information content (AvgIpc) is 2.88. The van der Waals surface area contributed by atoms with Crippen molar-refractivity contribution < 1.29 is 19.0 Å². The molecule has 3 aromatic rings. The number of ether oxygens (including phenoxy) is 3. The topological polar surface area (TPSA) is 91.7 Å². The number of carbonyl (C=O) groups excluding carboxylic acids is 1. The molecule has 0 saturated carbocycles. The van der Waals surface area contributed by atoms with Crippen LogP contribution in [0, 0.1) is 0 Å². The molecule has 35 heavy (non-hydrogen) atoms.